The maximum Gasteiger partial charge on any atom is -0.00248 e. The van der Waals surface area contributed by atoms with Gasteiger partial charge in [-0.2, -0.15) is 0 Å². The van der Waals surface area contributed by atoms with Crippen molar-refractivity contribution in [3.8, 4) is 0 Å². The van der Waals surface area contributed by atoms with Crippen LogP contribution in [0.25, 0.3) is 0 Å². The molecule has 0 aromatic rings. The number of unbranched alkanes of at least 4 members (excludes halogenated alkanes) is 3. The molecular formula is C9H22N2. The second-order valence-electron chi connectivity index (χ2n) is 3.32. The highest BCUT2D eigenvalue weighted by Crippen LogP contribution is 1.98. The predicted octanol–water partition coefficient (Wildman–Crippen LogP) is 1.33. The van der Waals surface area contributed by atoms with E-state index in [1.54, 1.807) is 0 Å². The lowest BCUT2D eigenvalue weighted by molar-refractivity contribution is 0.390. The molecule has 0 unspecified atom stereocenters. The van der Waals surface area contributed by atoms with Gasteiger partial charge in [0.05, 0.1) is 0 Å². The minimum Gasteiger partial charge on any atom is -0.320 e. The van der Waals surface area contributed by atoms with Crippen LogP contribution in [0, 0.1) is 0 Å². The van der Waals surface area contributed by atoms with Crippen molar-refractivity contribution in [1.82, 2.24) is 10.2 Å². The van der Waals surface area contributed by atoms with Crippen molar-refractivity contribution in [3.63, 3.8) is 0 Å². The van der Waals surface area contributed by atoms with E-state index in [0.717, 1.165) is 0 Å². The zero-order chi connectivity index (χ0) is 8.53. The minimum atomic E-state index is 1.17. The van der Waals surface area contributed by atoms with Gasteiger partial charge in [0.25, 0.3) is 0 Å². The molecule has 11 heavy (non-hydrogen) atoms. The van der Waals surface area contributed by atoms with Crippen molar-refractivity contribution in [2.75, 3.05) is 34.2 Å². The summed E-state index contributed by atoms with van der Waals surface area (Å²) >= 11 is 0. The van der Waals surface area contributed by atoms with E-state index in [9.17, 15) is 0 Å². The van der Waals surface area contributed by atoms with Crippen molar-refractivity contribution in [2.24, 2.45) is 0 Å². The lowest BCUT2D eigenvalue weighted by Crippen LogP contribution is -2.13. The first-order valence-electron chi connectivity index (χ1n) is 4.56. The standard InChI is InChI=1S/C9H22N2/c1-10-8-6-4-5-7-9-11(2)3/h10H,4-9H2,1-3H3. The summed E-state index contributed by atoms with van der Waals surface area (Å²) in [6.07, 6.45) is 5.41. The summed E-state index contributed by atoms with van der Waals surface area (Å²) in [6, 6.07) is 0. The first kappa shape index (κ1) is 10.9. The van der Waals surface area contributed by atoms with E-state index in [1.807, 2.05) is 7.05 Å². The molecule has 0 amide bonds. The topological polar surface area (TPSA) is 15.3 Å². The van der Waals surface area contributed by atoms with Crippen molar-refractivity contribution in [1.29, 1.82) is 0 Å². The van der Waals surface area contributed by atoms with Gasteiger partial charge in [0.15, 0.2) is 0 Å². The van der Waals surface area contributed by atoms with Crippen LogP contribution in [0.5, 0.6) is 0 Å². The average molecular weight is 158 g/mol. The van der Waals surface area contributed by atoms with Crippen molar-refractivity contribution in [3.05, 3.63) is 0 Å². The van der Waals surface area contributed by atoms with Crippen molar-refractivity contribution >= 4 is 0 Å². The molecule has 0 aromatic carbocycles. The van der Waals surface area contributed by atoms with Crippen LogP contribution in [0.3, 0.4) is 0 Å². The molecule has 68 valence electrons. The summed E-state index contributed by atoms with van der Waals surface area (Å²) in [4.78, 5) is 2.25. The van der Waals surface area contributed by atoms with Crippen LogP contribution in [-0.4, -0.2) is 39.1 Å². The quantitative estimate of drug-likeness (QED) is 0.562. The first-order valence-corrected chi connectivity index (χ1v) is 4.56. The molecule has 2 heteroatoms. The van der Waals surface area contributed by atoms with Gasteiger partial charge in [-0.25, -0.2) is 0 Å². The van der Waals surface area contributed by atoms with Gasteiger partial charge in [-0.3, -0.25) is 0 Å². The Balaban J connectivity index is 2.80. The molecule has 0 aromatic heterocycles. The Labute approximate surface area is 71.0 Å². The Morgan fingerprint density at radius 2 is 1.64 bits per heavy atom. The third-order valence-corrected chi connectivity index (χ3v) is 1.78. The Bertz CT molecular complexity index is 72.0. The smallest absolute Gasteiger partial charge is 0.00248 e. The third kappa shape index (κ3) is 9.92. The SMILES string of the molecule is CNCCCCCCN(C)C. The molecule has 0 saturated carbocycles. The molecule has 0 radical (unpaired) electrons. The highest BCUT2D eigenvalue weighted by Gasteiger charge is 1.90. The molecule has 0 saturated heterocycles. The van der Waals surface area contributed by atoms with E-state index in [0.29, 0.717) is 0 Å². The Morgan fingerprint density at radius 1 is 1.00 bits per heavy atom. The van der Waals surface area contributed by atoms with E-state index < -0.39 is 0 Å². The monoisotopic (exact) mass is 158 g/mol. The zero-order valence-electron chi connectivity index (χ0n) is 8.19. The maximum absolute atomic E-state index is 3.16. The molecule has 1 N–H and O–H groups in total. The van der Waals surface area contributed by atoms with Crippen molar-refractivity contribution < 1.29 is 0 Å². The number of rotatable bonds is 7. The Morgan fingerprint density at radius 3 is 2.18 bits per heavy atom. The first-order chi connectivity index (χ1) is 5.27. The molecule has 0 fully saturated rings. The second-order valence-corrected chi connectivity index (χ2v) is 3.32. The Kier molecular flexibility index (Phi) is 7.96. The number of hydrogen-bond acceptors (Lipinski definition) is 2. The third-order valence-electron chi connectivity index (χ3n) is 1.78. The summed E-state index contributed by atoms with van der Waals surface area (Å²) in [7, 11) is 6.28. The van der Waals surface area contributed by atoms with E-state index in [1.165, 1.54) is 38.8 Å². The molecule has 0 aliphatic heterocycles. The summed E-state index contributed by atoms with van der Waals surface area (Å²) in [5.41, 5.74) is 0. The van der Waals surface area contributed by atoms with Crippen LogP contribution in [0.2, 0.25) is 0 Å². The minimum absolute atomic E-state index is 1.17. The van der Waals surface area contributed by atoms with Crippen LogP contribution in [-0.2, 0) is 0 Å². The molecular weight excluding hydrogens is 136 g/mol. The maximum atomic E-state index is 3.16. The summed E-state index contributed by atoms with van der Waals surface area (Å²) < 4.78 is 0. The molecule has 0 rings (SSSR count). The Hall–Kier alpha value is -0.0800. The van der Waals surface area contributed by atoms with E-state index >= 15 is 0 Å². The number of hydrogen-bond donors (Lipinski definition) is 1. The fourth-order valence-electron chi connectivity index (χ4n) is 1.08. The molecule has 0 aliphatic rings. The highest BCUT2D eigenvalue weighted by molar-refractivity contribution is 4.47. The van der Waals surface area contributed by atoms with E-state index in [-0.39, 0.29) is 0 Å². The van der Waals surface area contributed by atoms with E-state index in [4.69, 9.17) is 0 Å². The molecule has 0 bridgehead atoms. The molecule has 0 aliphatic carbocycles. The fraction of sp³-hybridized carbons (Fsp3) is 1.00. The van der Waals surface area contributed by atoms with Crippen LogP contribution in [0.15, 0.2) is 0 Å². The highest BCUT2D eigenvalue weighted by atomic mass is 15.0. The lowest BCUT2D eigenvalue weighted by atomic mass is 10.2. The van der Waals surface area contributed by atoms with E-state index in [2.05, 4.69) is 24.3 Å². The molecule has 0 spiro atoms. The van der Waals surface area contributed by atoms with Gasteiger partial charge < -0.3 is 10.2 Å². The largest absolute Gasteiger partial charge is 0.320 e. The second kappa shape index (κ2) is 8.02. The van der Waals surface area contributed by atoms with Crippen LogP contribution >= 0.6 is 0 Å². The summed E-state index contributed by atoms with van der Waals surface area (Å²) in [5, 5.41) is 3.16. The van der Waals surface area contributed by atoms with Gasteiger partial charge in [0.2, 0.25) is 0 Å². The van der Waals surface area contributed by atoms with Crippen LogP contribution in [0.1, 0.15) is 25.7 Å². The summed E-state index contributed by atoms with van der Waals surface area (Å²) in [6.45, 7) is 2.40. The van der Waals surface area contributed by atoms with Gasteiger partial charge in [-0.15, -0.1) is 0 Å². The number of nitrogens with zero attached hydrogens (tertiary/aromatic N) is 1. The van der Waals surface area contributed by atoms with Gasteiger partial charge >= 0.3 is 0 Å². The molecule has 0 atom stereocenters. The molecule has 0 heterocycles. The predicted molar refractivity (Wildman–Crippen MR) is 50.9 cm³/mol. The lowest BCUT2D eigenvalue weighted by Gasteiger charge is -2.08. The van der Waals surface area contributed by atoms with Crippen molar-refractivity contribution in [2.45, 2.75) is 25.7 Å². The molecule has 2 nitrogen and oxygen atoms in total. The van der Waals surface area contributed by atoms with Gasteiger partial charge in [0, 0.05) is 0 Å². The van der Waals surface area contributed by atoms with Crippen LogP contribution in [0.4, 0.5) is 0 Å². The zero-order valence-corrected chi connectivity index (χ0v) is 8.19. The fourth-order valence-corrected chi connectivity index (χ4v) is 1.08. The number of nitrogens with one attached hydrogen (secondary N) is 1. The summed E-state index contributed by atoms with van der Waals surface area (Å²) in [5.74, 6) is 0. The normalized spacial score (nSPS) is 10.9. The van der Waals surface area contributed by atoms with Gasteiger partial charge in [0.1, 0.15) is 0 Å². The van der Waals surface area contributed by atoms with Gasteiger partial charge in [-0.1, -0.05) is 12.8 Å². The average Bonchev–Trinajstić information content (AvgIpc) is 1.96. The van der Waals surface area contributed by atoms with Gasteiger partial charge in [-0.05, 0) is 47.1 Å². The van der Waals surface area contributed by atoms with Crippen LogP contribution < -0.4 is 5.32 Å².